The molecule has 0 saturated heterocycles. The highest BCUT2D eigenvalue weighted by Gasteiger charge is 2.36. The van der Waals surface area contributed by atoms with Gasteiger partial charge in [0, 0.05) is 24.2 Å². The predicted molar refractivity (Wildman–Crippen MR) is 140 cm³/mol. The zero-order chi connectivity index (χ0) is 25.7. The number of anilines is 1. The maximum absolute atomic E-state index is 11.4. The van der Waals surface area contributed by atoms with Crippen LogP contribution in [0.15, 0.2) is 27.7 Å². The topological polar surface area (TPSA) is 135 Å². The van der Waals surface area contributed by atoms with Gasteiger partial charge < -0.3 is 26.6 Å². The second-order valence-electron chi connectivity index (χ2n) is 10.6. The van der Waals surface area contributed by atoms with E-state index in [4.69, 9.17) is 16.2 Å². The van der Waals surface area contributed by atoms with Gasteiger partial charge in [-0.2, -0.15) is 0 Å². The molecule has 0 heterocycles. The number of aromatic hydroxyl groups is 1. The van der Waals surface area contributed by atoms with Crippen LogP contribution in [-0.2, 0) is 11.2 Å². The minimum absolute atomic E-state index is 0.0866. The summed E-state index contributed by atoms with van der Waals surface area (Å²) in [6.07, 6.45) is 6.32. The van der Waals surface area contributed by atoms with E-state index in [1.807, 2.05) is 20.8 Å². The van der Waals surface area contributed by atoms with Crippen LogP contribution in [0.5, 0.6) is 5.75 Å². The van der Waals surface area contributed by atoms with Crippen LogP contribution >= 0.6 is 0 Å². The SMILES string of the molecule is C=NC1=C(C(N)=NC)C(C)(C)Cc2c1ccc(O)c2N.CC(C)(C)OC(=O)NC1CCCCC1. The number of carbonyl (C=O) groups excluding carboxylic acids is 1. The van der Waals surface area contributed by atoms with Crippen molar-refractivity contribution in [2.45, 2.75) is 84.8 Å². The first-order chi connectivity index (χ1) is 15.8. The first-order valence-electron chi connectivity index (χ1n) is 11.8. The lowest BCUT2D eigenvalue weighted by molar-refractivity contribution is 0.0493. The van der Waals surface area contributed by atoms with Crippen LogP contribution in [0.25, 0.3) is 5.70 Å². The number of benzene rings is 1. The third kappa shape index (κ3) is 6.74. The van der Waals surface area contributed by atoms with Gasteiger partial charge in [0.15, 0.2) is 0 Å². The standard InChI is InChI=1S/C15H20N4O.C11H21NO2/c1-15(2)7-9-8(5-6-10(20)12(9)16)13(18-3)11(15)14(17)19-4;1-11(2,3)14-10(13)12-9-7-5-4-6-8-9/h5-6,20H,3,7,16H2,1-2,4H3,(H2,17,19);9H,4-8H2,1-3H3,(H,12,13). The van der Waals surface area contributed by atoms with Crippen LogP contribution in [0, 0.1) is 5.41 Å². The van der Waals surface area contributed by atoms with Crippen LogP contribution in [0.2, 0.25) is 0 Å². The van der Waals surface area contributed by atoms with Gasteiger partial charge >= 0.3 is 6.09 Å². The number of aliphatic imine (C=N–C) groups is 2. The summed E-state index contributed by atoms with van der Waals surface area (Å²) < 4.78 is 5.19. The number of phenols is 1. The molecule has 0 aromatic heterocycles. The van der Waals surface area contributed by atoms with E-state index in [1.165, 1.54) is 19.3 Å². The van der Waals surface area contributed by atoms with Crippen molar-refractivity contribution in [3.8, 4) is 5.75 Å². The largest absolute Gasteiger partial charge is 0.506 e. The molecular formula is C26H41N5O3. The molecular weight excluding hydrogens is 430 g/mol. The second-order valence-corrected chi connectivity index (χ2v) is 10.6. The second kappa shape index (κ2) is 10.9. The van der Waals surface area contributed by atoms with Gasteiger partial charge in [-0.1, -0.05) is 33.1 Å². The van der Waals surface area contributed by atoms with Crippen LogP contribution in [0.4, 0.5) is 10.5 Å². The normalized spacial score (nSPS) is 18.4. The summed E-state index contributed by atoms with van der Waals surface area (Å²) in [4.78, 5) is 19.6. The maximum atomic E-state index is 11.4. The summed E-state index contributed by atoms with van der Waals surface area (Å²) in [6, 6.07) is 3.69. The Kier molecular flexibility index (Phi) is 8.75. The van der Waals surface area contributed by atoms with E-state index in [9.17, 15) is 9.90 Å². The lowest BCUT2D eigenvalue weighted by atomic mass is 9.71. The van der Waals surface area contributed by atoms with E-state index in [2.05, 4.69) is 35.9 Å². The third-order valence-electron chi connectivity index (χ3n) is 6.10. The van der Waals surface area contributed by atoms with Crippen molar-refractivity contribution in [2.24, 2.45) is 21.1 Å². The van der Waals surface area contributed by atoms with E-state index >= 15 is 0 Å². The Bertz CT molecular complexity index is 967. The van der Waals surface area contributed by atoms with E-state index in [1.54, 1.807) is 19.2 Å². The van der Waals surface area contributed by atoms with Gasteiger partial charge in [0.25, 0.3) is 0 Å². The summed E-state index contributed by atoms with van der Waals surface area (Å²) in [5.41, 5.74) is 15.0. The number of nitrogens with two attached hydrogens (primary N) is 2. The van der Waals surface area contributed by atoms with Gasteiger partial charge in [0.2, 0.25) is 0 Å². The lowest BCUT2D eigenvalue weighted by Crippen LogP contribution is -2.39. The number of carbonyl (C=O) groups is 1. The molecule has 8 heteroatoms. The summed E-state index contributed by atoms with van der Waals surface area (Å²) in [5.74, 6) is 0.540. The zero-order valence-corrected chi connectivity index (χ0v) is 21.5. The molecule has 0 radical (unpaired) electrons. The Morgan fingerprint density at radius 2 is 1.85 bits per heavy atom. The highest BCUT2D eigenvalue weighted by atomic mass is 16.6. The lowest BCUT2D eigenvalue weighted by Gasteiger charge is -2.35. The Morgan fingerprint density at radius 3 is 2.38 bits per heavy atom. The zero-order valence-electron chi connectivity index (χ0n) is 21.5. The van der Waals surface area contributed by atoms with Crippen LogP contribution in [0.1, 0.15) is 77.8 Å². The van der Waals surface area contributed by atoms with Crippen LogP contribution < -0.4 is 16.8 Å². The van der Waals surface area contributed by atoms with E-state index in [0.717, 1.165) is 29.5 Å². The predicted octanol–water partition coefficient (Wildman–Crippen LogP) is 4.80. The molecule has 1 aromatic rings. The van der Waals surface area contributed by atoms with Gasteiger partial charge in [-0.05, 0) is 69.9 Å². The molecule has 0 unspecified atom stereocenters. The molecule has 1 amide bonds. The molecule has 34 heavy (non-hydrogen) atoms. The number of fused-ring (bicyclic) bond motifs is 1. The molecule has 0 spiro atoms. The first-order valence-corrected chi connectivity index (χ1v) is 11.8. The number of hydrogen-bond acceptors (Lipinski definition) is 6. The molecule has 1 aromatic carbocycles. The number of hydrogen-bond donors (Lipinski definition) is 4. The van der Waals surface area contributed by atoms with Crippen molar-refractivity contribution < 1.29 is 14.6 Å². The number of nitrogens with zero attached hydrogens (tertiary/aromatic N) is 2. The number of rotatable bonds is 3. The van der Waals surface area contributed by atoms with E-state index in [0.29, 0.717) is 29.7 Å². The molecule has 1 saturated carbocycles. The highest BCUT2D eigenvalue weighted by Crippen LogP contribution is 2.46. The fourth-order valence-electron chi connectivity index (χ4n) is 4.52. The van der Waals surface area contributed by atoms with Gasteiger partial charge in [-0.3, -0.25) is 9.98 Å². The van der Waals surface area contributed by atoms with Crippen molar-refractivity contribution in [1.82, 2.24) is 5.32 Å². The number of amidine groups is 1. The number of nitrogen functional groups attached to an aromatic ring is 1. The van der Waals surface area contributed by atoms with Crippen molar-refractivity contribution in [1.29, 1.82) is 0 Å². The van der Waals surface area contributed by atoms with Gasteiger partial charge in [0.1, 0.15) is 17.2 Å². The summed E-state index contributed by atoms with van der Waals surface area (Å²) in [7, 11) is 1.65. The number of amides is 1. The average Bonchev–Trinajstić information content (AvgIpc) is 2.74. The molecule has 0 aliphatic heterocycles. The highest BCUT2D eigenvalue weighted by molar-refractivity contribution is 6.06. The first kappa shape index (κ1) is 27.2. The quantitative estimate of drug-likeness (QED) is 0.217. The molecule has 0 bridgehead atoms. The monoisotopic (exact) mass is 471 g/mol. The fourth-order valence-corrected chi connectivity index (χ4v) is 4.52. The van der Waals surface area contributed by atoms with Crippen molar-refractivity contribution in [3.63, 3.8) is 0 Å². The van der Waals surface area contributed by atoms with E-state index < -0.39 is 5.60 Å². The van der Waals surface area contributed by atoms with E-state index in [-0.39, 0.29) is 17.3 Å². The summed E-state index contributed by atoms with van der Waals surface area (Å²) in [5, 5.41) is 12.7. The summed E-state index contributed by atoms with van der Waals surface area (Å²) >= 11 is 0. The third-order valence-corrected chi connectivity index (χ3v) is 6.10. The van der Waals surface area contributed by atoms with Crippen molar-refractivity contribution in [2.75, 3.05) is 12.8 Å². The van der Waals surface area contributed by atoms with Gasteiger partial charge in [0.05, 0.1) is 11.4 Å². The Hall–Kier alpha value is -3.03. The van der Waals surface area contributed by atoms with Crippen molar-refractivity contribution >= 4 is 30.0 Å². The minimum atomic E-state index is -0.390. The number of phenolic OH excluding ortho intramolecular Hbond substituents is 1. The molecule has 188 valence electrons. The number of alkyl carbamates (subject to hydrolysis) is 1. The smallest absolute Gasteiger partial charge is 0.407 e. The molecule has 6 N–H and O–H groups in total. The molecule has 8 nitrogen and oxygen atoms in total. The molecule has 1 fully saturated rings. The number of ether oxygens (including phenoxy) is 1. The van der Waals surface area contributed by atoms with Crippen LogP contribution in [-0.4, -0.2) is 42.4 Å². The maximum Gasteiger partial charge on any atom is 0.407 e. The fraction of sp³-hybridized carbons (Fsp3) is 0.577. The molecule has 0 atom stereocenters. The Labute approximate surface area is 203 Å². The van der Waals surface area contributed by atoms with Gasteiger partial charge in [-0.25, -0.2) is 4.79 Å². The number of nitrogens with one attached hydrogen (secondary N) is 1. The van der Waals surface area contributed by atoms with Crippen LogP contribution in [0.3, 0.4) is 0 Å². The minimum Gasteiger partial charge on any atom is -0.506 e. The molecule has 2 aliphatic rings. The summed E-state index contributed by atoms with van der Waals surface area (Å²) in [6.45, 7) is 13.4. The average molecular weight is 472 g/mol. The molecule has 3 rings (SSSR count). The van der Waals surface area contributed by atoms with Crippen molar-refractivity contribution in [3.05, 3.63) is 28.8 Å². The molecule has 2 aliphatic carbocycles. The Balaban J connectivity index is 0.000000257. The Morgan fingerprint density at radius 1 is 1.24 bits per heavy atom. The van der Waals surface area contributed by atoms with Gasteiger partial charge in [-0.15, -0.1) is 0 Å².